The normalized spacial score (nSPS) is 15.2. The molecule has 0 unspecified atom stereocenters. The molecule has 0 aliphatic carbocycles. The molecule has 1 fully saturated rings. The Bertz CT molecular complexity index is 877. The number of rotatable bonds is 5. The Morgan fingerprint density at radius 2 is 1.43 bits per heavy atom. The smallest absolute Gasteiger partial charge is 0.142 e. The average Bonchev–Trinajstić information content (AvgIpc) is 3.00. The second kappa shape index (κ2) is 8.94. The maximum absolute atomic E-state index is 5.55. The zero-order valence-electron chi connectivity index (χ0n) is 16.6. The van der Waals surface area contributed by atoms with Gasteiger partial charge in [0.05, 0.1) is 12.8 Å². The molecule has 3 nitrogen and oxygen atoms in total. The van der Waals surface area contributed by atoms with Crippen LogP contribution in [0.15, 0.2) is 78.9 Å². The molecular formula is C25H28N2O. The lowest BCUT2D eigenvalue weighted by molar-refractivity contribution is 0.285. The van der Waals surface area contributed by atoms with Gasteiger partial charge in [-0.3, -0.25) is 4.90 Å². The lowest BCUT2D eigenvalue weighted by Crippen LogP contribution is -2.30. The minimum atomic E-state index is 0.965. The molecule has 4 rings (SSSR count). The van der Waals surface area contributed by atoms with Crippen molar-refractivity contribution in [3.63, 3.8) is 0 Å². The summed E-state index contributed by atoms with van der Waals surface area (Å²) in [5, 5.41) is 0. The van der Waals surface area contributed by atoms with Crippen LogP contribution in [0.3, 0.4) is 0 Å². The first kappa shape index (κ1) is 18.6. The molecule has 28 heavy (non-hydrogen) atoms. The first-order valence-corrected chi connectivity index (χ1v) is 10.1. The van der Waals surface area contributed by atoms with Crippen LogP contribution in [0.1, 0.15) is 12.0 Å². The van der Waals surface area contributed by atoms with Crippen molar-refractivity contribution in [3.05, 3.63) is 84.4 Å². The van der Waals surface area contributed by atoms with Crippen molar-refractivity contribution in [1.82, 2.24) is 4.90 Å². The molecule has 3 heteroatoms. The van der Waals surface area contributed by atoms with Gasteiger partial charge in [0.25, 0.3) is 0 Å². The Labute approximate surface area is 168 Å². The fraction of sp³-hybridized carbons (Fsp3) is 0.280. The van der Waals surface area contributed by atoms with Gasteiger partial charge >= 0.3 is 0 Å². The van der Waals surface area contributed by atoms with E-state index in [2.05, 4.69) is 76.5 Å². The highest BCUT2D eigenvalue weighted by Gasteiger charge is 2.17. The molecule has 0 radical (unpaired) electrons. The fourth-order valence-corrected chi connectivity index (χ4v) is 3.95. The van der Waals surface area contributed by atoms with Crippen molar-refractivity contribution >= 4 is 5.69 Å². The Kier molecular flexibility index (Phi) is 5.93. The summed E-state index contributed by atoms with van der Waals surface area (Å²) in [6.45, 7) is 5.31. The maximum Gasteiger partial charge on any atom is 0.142 e. The molecule has 0 amide bonds. The molecular weight excluding hydrogens is 344 g/mol. The predicted octanol–water partition coefficient (Wildman–Crippen LogP) is 5.07. The van der Waals surface area contributed by atoms with E-state index in [1.807, 2.05) is 12.1 Å². The Hall–Kier alpha value is -2.78. The van der Waals surface area contributed by atoms with Crippen LogP contribution in [-0.2, 0) is 6.54 Å². The summed E-state index contributed by atoms with van der Waals surface area (Å²) >= 11 is 0. The van der Waals surface area contributed by atoms with Gasteiger partial charge in [-0.05, 0) is 35.2 Å². The lowest BCUT2D eigenvalue weighted by Gasteiger charge is -2.25. The topological polar surface area (TPSA) is 15.7 Å². The van der Waals surface area contributed by atoms with Crippen LogP contribution < -0.4 is 9.64 Å². The lowest BCUT2D eigenvalue weighted by atomic mass is 10.0. The van der Waals surface area contributed by atoms with Crippen molar-refractivity contribution < 1.29 is 4.74 Å². The number of benzene rings is 3. The van der Waals surface area contributed by atoms with E-state index >= 15 is 0 Å². The number of methoxy groups -OCH3 is 1. The highest BCUT2D eigenvalue weighted by Crippen LogP contribution is 2.28. The first-order chi connectivity index (χ1) is 13.8. The molecule has 0 N–H and O–H groups in total. The van der Waals surface area contributed by atoms with Crippen LogP contribution in [0, 0.1) is 0 Å². The minimum Gasteiger partial charge on any atom is -0.495 e. The second-order valence-corrected chi connectivity index (χ2v) is 7.35. The number of hydrogen-bond donors (Lipinski definition) is 0. The molecule has 0 atom stereocenters. The summed E-state index contributed by atoms with van der Waals surface area (Å²) in [6.07, 6.45) is 1.17. The van der Waals surface area contributed by atoms with Crippen molar-refractivity contribution in [2.24, 2.45) is 0 Å². The van der Waals surface area contributed by atoms with Crippen LogP contribution in [0.25, 0.3) is 11.1 Å². The Morgan fingerprint density at radius 1 is 0.714 bits per heavy atom. The van der Waals surface area contributed by atoms with Gasteiger partial charge in [-0.2, -0.15) is 0 Å². The van der Waals surface area contributed by atoms with E-state index in [1.54, 1.807) is 7.11 Å². The molecule has 3 aromatic rings. The van der Waals surface area contributed by atoms with Crippen molar-refractivity contribution in [2.75, 3.05) is 38.2 Å². The van der Waals surface area contributed by atoms with Gasteiger partial charge in [-0.1, -0.05) is 66.7 Å². The van der Waals surface area contributed by atoms with Gasteiger partial charge < -0.3 is 9.64 Å². The summed E-state index contributed by atoms with van der Waals surface area (Å²) in [5.41, 5.74) is 5.14. The zero-order valence-corrected chi connectivity index (χ0v) is 16.6. The van der Waals surface area contributed by atoms with E-state index in [9.17, 15) is 0 Å². The molecule has 144 valence electrons. The van der Waals surface area contributed by atoms with Crippen LogP contribution >= 0.6 is 0 Å². The highest BCUT2D eigenvalue weighted by atomic mass is 16.5. The average molecular weight is 373 g/mol. The maximum atomic E-state index is 5.55. The summed E-state index contributed by atoms with van der Waals surface area (Å²) in [5.74, 6) is 0.965. The fourth-order valence-electron chi connectivity index (χ4n) is 3.95. The van der Waals surface area contributed by atoms with Gasteiger partial charge in [-0.15, -0.1) is 0 Å². The third-order valence-electron chi connectivity index (χ3n) is 5.48. The quantitative estimate of drug-likeness (QED) is 0.621. The van der Waals surface area contributed by atoms with Crippen molar-refractivity contribution in [1.29, 1.82) is 0 Å². The standard InChI is InChI=1S/C25H28N2O/c1-28-25-11-6-5-10-24(25)27-17-7-16-26(18-19-27)20-21-12-14-23(15-13-21)22-8-3-2-4-9-22/h2-6,8-15H,7,16-20H2,1H3. The molecule has 1 heterocycles. The SMILES string of the molecule is COc1ccccc1N1CCCN(Cc2ccc(-c3ccccc3)cc2)CC1. The number of nitrogens with zero attached hydrogens (tertiary/aromatic N) is 2. The number of para-hydroxylation sites is 2. The van der Waals surface area contributed by atoms with E-state index in [4.69, 9.17) is 4.74 Å². The Morgan fingerprint density at radius 3 is 2.21 bits per heavy atom. The second-order valence-electron chi connectivity index (χ2n) is 7.35. The van der Waals surface area contributed by atoms with E-state index in [0.717, 1.165) is 38.5 Å². The van der Waals surface area contributed by atoms with Crippen molar-refractivity contribution in [2.45, 2.75) is 13.0 Å². The van der Waals surface area contributed by atoms with Crippen LogP contribution in [0.2, 0.25) is 0 Å². The monoisotopic (exact) mass is 372 g/mol. The summed E-state index contributed by atoms with van der Waals surface area (Å²) < 4.78 is 5.55. The molecule has 0 spiro atoms. The van der Waals surface area contributed by atoms with Crippen molar-refractivity contribution in [3.8, 4) is 16.9 Å². The third-order valence-corrected chi connectivity index (χ3v) is 5.48. The van der Waals surface area contributed by atoms with Crippen LogP contribution in [0.4, 0.5) is 5.69 Å². The highest BCUT2D eigenvalue weighted by molar-refractivity contribution is 5.63. The van der Waals surface area contributed by atoms with Crippen LogP contribution in [0.5, 0.6) is 5.75 Å². The summed E-state index contributed by atoms with van der Waals surface area (Å²) in [4.78, 5) is 5.02. The molecule has 3 aromatic carbocycles. The summed E-state index contributed by atoms with van der Waals surface area (Å²) in [7, 11) is 1.75. The van der Waals surface area contributed by atoms with Gasteiger partial charge in [0.15, 0.2) is 0 Å². The van der Waals surface area contributed by atoms with E-state index < -0.39 is 0 Å². The molecule has 1 saturated heterocycles. The van der Waals surface area contributed by atoms with E-state index in [0.29, 0.717) is 0 Å². The van der Waals surface area contributed by atoms with E-state index in [1.165, 1.54) is 28.8 Å². The predicted molar refractivity (Wildman–Crippen MR) is 117 cm³/mol. The number of anilines is 1. The number of hydrogen-bond acceptors (Lipinski definition) is 3. The molecule has 0 saturated carbocycles. The van der Waals surface area contributed by atoms with Crippen LogP contribution in [-0.4, -0.2) is 38.2 Å². The van der Waals surface area contributed by atoms with E-state index in [-0.39, 0.29) is 0 Å². The van der Waals surface area contributed by atoms with Gasteiger partial charge in [-0.25, -0.2) is 0 Å². The molecule has 1 aliphatic rings. The van der Waals surface area contributed by atoms with Gasteiger partial charge in [0, 0.05) is 32.7 Å². The summed E-state index contributed by atoms with van der Waals surface area (Å²) in [6, 6.07) is 27.9. The largest absolute Gasteiger partial charge is 0.495 e. The minimum absolute atomic E-state index is 0.965. The number of ether oxygens (including phenoxy) is 1. The molecule has 1 aliphatic heterocycles. The zero-order chi connectivity index (χ0) is 19.2. The van der Waals surface area contributed by atoms with Gasteiger partial charge in [0.1, 0.15) is 5.75 Å². The molecule has 0 bridgehead atoms. The third kappa shape index (κ3) is 4.37. The molecule has 0 aromatic heterocycles. The first-order valence-electron chi connectivity index (χ1n) is 10.1. The Balaban J connectivity index is 1.38. The van der Waals surface area contributed by atoms with Gasteiger partial charge in [0.2, 0.25) is 0 Å².